The van der Waals surface area contributed by atoms with E-state index in [0.717, 1.165) is 24.9 Å². The molecule has 1 unspecified atom stereocenters. The highest BCUT2D eigenvalue weighted by Crippen LogP contribution is 2.31. The van der Waals surface area contributed by atoms with Gasteiger partial charge in [-0.2, -0.15) is 0 Å². The van der Waals surface area contributed by atoms with Crippen LogP contribution in [0.5, 0.6) is 0 Å². The summed E-state index contributed by atoms with van der Waals surface area (Å²) in [4.78, 5) is 3.95. The zero-order valence-corrected chi connectivity index (χ0v) is 13.2. The van der Waals surface area contributed by atoms with E-state index >= 15 is 0 Å². The fourth-order valence-corrected chi connectivity index (χ4v) is 3.31. The molecule has 19 heavy (non-hydrogen) atoms. The maximum Gasteiger partial charge on any atom is 0.0504 e. The topological polar surface area (TPSA) is 15.3 Å². The smallest absolute Gasteiger partial charge is 0.0504 e. The van der Waals surface area contributed by atoms with E-state index in [1.54, 1.807) is 0 Å². The zero-order chi connectivity index (χ0) is 13.7. The van der Waals surface area contributed by atoms with Gasteiger partial charge in [0.15, 0.2) is 0 Å². The molecule has 1 aliphatic heterocycles. The minimum absolute atomic E-state index is 0.745. The number of benzene rings is 1. The van der Waals surface area contributed by atoms with Gasteiger partial charge in [0.2, 0.25) is 0 Å². The summed E-state index contributed by atoms with van der Waals surface area (Å²) in [6, 6.07) is 8.77. The number of hydrogen-bond donors (Lipinski definition) is 1. The molecule has 0 radical (unpaired) electrons. The molecule has 2 rings (SSSR count). The molecular formula is C16H26N2S. The summed E-state index contributed by atoms with van der Waals surface area (Å²) in [6.07, 6.45) is 3.48. The van der Waals surface area contributed by atoms with Crippen LogP contribution in [0.1, 0.15) is 20.3 Å². The molecule has 0 amide bonds. The average Bonchev–Trinajstić information content (AvgIpc) is 2.87. The minimum Gasteiger partial charge on any atom is -0.370 e. The predicted molar refractivity (Wildman–Crippen MR) is 86.3 cm³/mol. The Hall–Kier alpha value is -0.670. The fraction of sp³-hybridized carbons (Fsp3) is 0.625. The van der Waals surface area contributed by atoms with Gasteiger partial charge in [-0.3, -0.25) is 0 Å². The molecule has 0 bridgehead atoms. The molecule has 1 aromatic rings. The fourth-order valence-electron chi connectivity index (χ4n) is 2.69. The van der Waals surface area contributed by atoms with Crippen molar-refractivity contribution in [1.82, 2.24) is 5.32 Å². The number of anilines is 1. The van der Waals surface area contributed by atoms with Gasteiger partial charge in [-0.15, -0.1) is 11.8 Å². The molecular weight excluding hydrogens is 252 g/mol. The summed E-state index contributed by atoms with van der Waals surface area (Å²) in [5.41, 5.74) is 1.42. The lowest BCUT2D eigenvalue weighted by Crippen LogP contribution is -2.28. The van der Waals surface area contributed by atoms with Gasteiger partial charge in [0.25, 0.3) is 0 Å². The van der Waals surface area contributed by atoms with Crippen LogP contribution in [0.15, 0.2) is 29.2 Å². The van der Waals surface area contributed by atoms with Crippen LogP contribution >= 0.6 is 11.8 Å². The van der Waals surface area contributed by atoms with Crippen LogP contribution in [-0.4, -0.2) is 32.4 Å². The maximum atomic E-state index is 3.60. The van der Waals surface area contributed by atoms with E-state index in [1.165, 1.54) is 30.1 Å². The molecule has 1 N–H and O–H groups in total. The monoisotopic (exact) mass is 278 g/mol. The Labute approximate surface area is 122 Å². The van der Waals surface area contributed by atoms with E-state index in [1.807, 2.05) is 11.8 Å². The number of nitrogens with one attached hydrogen (secondary N) is 1. The van der Waals surface area contributed by atoms with Gasteiger partial charge in [-0.25, -0.2) is 0 Å². The Bertz CT molecular complexity index is 392. The quantitative estimate of drug-likeness (QED) is 0.802. The molecule has 3 heteroatoms. The van der Waals surface area contributed by atoms with Crippen LogP contribution < -0.4 is 10.2 Å². The molecule has 0 spiro atoms. The van der Waals surface area contributed by atoms with E-state index in [2.05, 4.69) is 54.6 Å². The van der Waals surface area contributed by atoms with Crippen LogP contribution in [0.2, 0.25) is 0 Å². The third-order valence-corrected chi connectivity index (χ3v) is 4.48. The molecule has 0 saturated carbocycles. The first-order valence-corrected chi connectivity index (χ1v) is 8.52. The van der Waals surface area contributed by atoms with E-state index in [9.17, 15) is 0 Å². The van der Waals surface area contributed by atoms with Crippen molar-refractivity contribution in [3.8, 4) is 0 Å². The summed E-state index contributed by atoms with van der Waals surface area (Å²) in [6.45, 7) is 9.23. The van der Waals surface area contributed by atoms with Crippen LogP contribution in [0.25, 0.3) is 0 Å². The first-order valence-electron chi connectivity index (χ1n) is 7.29. The van der Waals surface area contributed by atoms with Crippen LogP contribution in [0, 0.1) is 11.8 Å². The largest absolute Gasteiger partial charge is 0.370 e. The van der Waals surface area contributed by atoms with Crippen molar-refractivity contribution in [2.24, 2.45) is 11.8 Å². The van der Waals surface area contributed by atoms with Crippen molar-refractivity contribution in [1.29, 1.82) is 0 Å². The first-order chi connectivity index (χ1) is 9.20. The van der Waals surface area contributed by atoms with Gasteiger partial charge in [0.05, 0.1) is 5.69 Å². The molecule has 1 saturated heterocycles. The highest BCUT2D eigenvalue weighted by Gasteiger charge is 2.23. The van der Waals surface area contributed by atoms with Gasteiger partial charge >= 0.3 is 0 Å². The van der Waals surface area contributed by atoms with Crippen molar-refractivity contribution in [2.75, 3.05) is 37.3 Å². The second-order valence-electron chi connectivity index (χ2n) is 5.82. The van der Waals surface area contributed by atoms with E-state index in [4.69, 9.17) is 0 Å². The number of thioether (sulfide) groups is 1. The van der Waals surface area contributed by atoms with Gasteiger partial charge in [0.1, 0.15) is 0 Å². The van der Waals surface area contributed by atoms with Crippen molar-refractivity contribution in [3.05, 3.63) is 24.3 Å². The normalized spacial score (nSPS) is 19.4. The lowest BCUT2D eigenvalue weighted by molar-refractivity contribution is 0.477. The molecule has 1 aliphatic rings. The molecule has 1 aromatic carbocycles. The predicted octanol–water partition coefficient (Wildman–Crippen LogP) is 3.48. The van der Waals surface area contributed by atoms with E-state index in [-0.39, 0.29) is 0 Å². The van der Waals surface area contributed by atoms with Crippen molar-refractivity contribution in [3.63, 3.8) is 0 Å². The summed E-state index contributed by atoms with van der Waals surface area (Å²) < 4.78 is 0. The van der Waals surface area contributed by atoms with Gasteiger partial charge < -0.3 is 10.2 Å². The Balaban J connectivity index is 1.87. The standard InChI is InChI=1S/C16H26N2S/c1-13(2)10-17-11-14-8-9-18(12-14)15-6-4-5-7-16(15)19-3/h4-7,13-14,17H,8-12H2,1-3H3. The van der Waals surface area contributed by atoms with Crippen LogP contribution in [0.3, 0.4) is 0 Å². The zero-order valence-electron chi connectivity index (χ0n) is 12.4. The lowest BCUT2D eigenvalue weighted by atomic mass is 10.1. The SMILES string of the molecule is CSc1ccccc1N1CCC(CNCC(C)C)C1. The molecule has 1 atom stereocenters. The van der Waals surface area contributed by atoms with Crippen molar-refractivity contribution >= 4 is 17.4 Å². The molecule has 1 fully saturated rings. The summed E-state index contributed by atoms with van der Waals surface area (Å²) in [7, 11) is 0. The third kappa shape index (κ3) is 4.15. The summed E-state index contributed by atoms with van der Waals surface area (Å²) in [5, 5.41) is 3.60. The van der Waals surface area contributed by atoms with Gasteiger partial charge in [0, 0.05) is 18.0 Å². The molecule has 0 aromatic heterocycles. The summed E-state index contributed by atoms with van der Waals surface area (Å²) >= 11 is 1.85. The van der Waals surface area contributed by atoms with Gasteiger partial charge in [-0.1, -0.05) is 26.0 Å². The molecule has 0 aliphatic carbocycles. The van der Waals surface area contributed by atoms with Crippen LogP contribution in [-0.2, 0) is 0 Å². The van der Waals surface area contributed by atoms with Crippen molar-refractivity contribution in [2.45, 2.75) is 25.2 Å². The maximum absolute atomic E-state index is 3.60. The number of para-hydroxylation sites is 1. The third-order valence-electron chi connectivity index (χ3n) is 3.70. The molecule has 1 heterocycles. The van der Waals surface area contributed by atoms with Crippen molar-refractivity contribution < 1.29 is 0 Å². The Morgan fingerprint density at radius 1 is 1.37 bits per heavy atom. The molecule has 2 nitrogen and oxygen atoms in total. The number of rotatable bonds is 6. The second kappa shape index (κ2) is 7.20. The minimum atomic E-state index is 0.745. The lowest BCUT2D eigenvalue weighted by Gasteiger charge is -2.21. The Kier molecular flexibility index (Phi) is 5.59. The Morgan fingerprint density at radius 2 is 2.16 bits per heavy atom. The summed E-state index contributed by atoms with van der Waals surface area (Å²) in [5.74, 6) is 1.54. The van der Waals surface area contributed by atoms with Crippen LogP contribution in [0.4, 0.5) is 5.69 Å². The number of hydrogen-bond acceptors (Lipinski definition) is 3. The average molecular weight is 278 g/mol. The highest BCUT2D eigenvalue weighted by atomic mass is 32.2. The molecule has 106 valence electrons. The Morgan fingerprint density at radius 3 is 2.89 bits per heavy atom. The second-order valence-corrected chi connectivity index (χ2v) is 6.67. The number of nitrogens with zero attached hydrogens (tertiary/aromatic N) is 1. The van der Waals surface area contributed by atoms with E-state index < -0.39 is 0 Å². The van der Waals surface area contributed by atoms with E-state index in [0.29, 0.717) is 0 Å². The first kappa shape index (κ1) is 14.7. The highest BCUT2D eigenvalue weighted by molar-refractivity contribution is 7.98. The van der Waals surface area contributed by atoms with Gasteiger partial charge in [-0.05, 0) is 49.7 Å².